The van der Waals surface area contributed by atoms with Gasteiger partial charge >= 0.3 is 0 Å². The van der Waals surface area contributed by atoms with Gasteiger partial charge in [0, 0.05) is 30.9 Å². The number of nitrogens with one attached hydrogen (secondary N) is 1. The van der Waals surface area contributed by atoms with E-state index in [0.717, 1.165) is 25.3 Å². The zero-order valence-corrected chi connectivity index (χ0v) is 12.9. The Kier molecular flexibility index (Phi) is 4.85. The highest BCUT2D eigenvalue weighted by Crippen LogP contribution is 2.17. The predicted molar refractivity (Wildman–Crippen MR) is 86.9 cm³/mol. The van der Waals surface area contributed by atoms with Gasteiger partial charge in [-0.1, -0.05) is 18.2 Å². The quantitative estimate of drug-likeness (QED) is 0.919. The van der Waals surface area contributed by atoms with Crippen molar-refractivity contribution in [2.45, 2.75) is 25.4 Å². The molecule has 0 amide bonds. The van der Waals surface area contributed by atoms with E-state index in [-0.39, 0.29) is 0 Å². The van der Waals surface area contributed by atoms with Gasteiger partial charge < -0.3 is 10.1 Å². The van der Waals surface area contributed by atoms with Crippen molar-refractivity contribution in [2.24, 2.45) is 0 Å². The standard InChI is InChI=1S/C17H22N4O/c1-22-17-10-9-16(19-20-17)13-21-11-5-8-15(12-21)18-14-6-3-2-4-7-14/h2-4,6-7,9-10,15,18H,5,8,11-13H2,1H3/t15-/m1/s1. The summed E-state index contributed by atoms with van der Waals surface area (Å²) in [6.45, 7) is 2.98. The van der Waals surface area contributed by atoms with E-state index in [1.807, 2.05) is 18.2 Å². The number of likely N-dealkylation sites (tertiary alicyclic amines) is 1. The van der Waals surface area contributed by atoms with Crippen molar-refractivity contribution < 1.29 is 4.74 Å². The van der Waals surface area contributed by atoms with Crippen molar-refractivity contribution in [1.82, 2.24) is 15.1 Å². The van der Waals surface area contributed by atoms with Crippen LogP contribution >= 0.6 is 0 Å². The predicted octanol–water partition coefficient (Wildman–Crippen LogP) is 2.56. The van der Waals surface area contributed by atoms with E-state index < -0.39 is 0 Å². The summed E-state index contributed by atoms with van der Waals surface area (Å²) in [5.41, 5.74) is 2.18. The number of rotatable bonds is 5. The van der Waals surface area contributed by atoms with Crippen LogP contribution in [0.4, 0.5) is 5.69 Å². The first-order chi connectivity index (χ1) is 10.8. The van der Waals surface area contributed by atoms with Crippen LogP contribution in [0.25, 0.3) is 0 Å². The summed E-state index contributed by atoms with van der Waals surface area (Å²) < 4.78 is 5.05. The lowest BCUT2D eigenvalue weighted by molar-refractivity contribution is 0.205. The lowest BCUT2D eigenvalue weighted by Crippen LogP contribution is -2.41. The summed E-state index contributed by atoms with van der Waals surface area (Å²) in [5.74, 6) is 0.561. The average molecular weight is 298 g/mol. The zero-order chi connectivity index (χ0) is 15.2. The molecule has 0 spiro atoms. The second-order valence-electron chi connectivity index (χ2n) is 5.65. The maximum Gasteiger partial charge on any atom is 0.233 e. The number of hydrogen-bond acceptors (Lipinski definition) is 5. The fourth-order valence-electron chi connectivity index (χ4n) is 2.86. The van der Waals surface area contributed by atoms with Gasteiger partial charge in [0.15, 0.2) is 0 Å². The molecule has 1 fully saturated rings. The maximum absolute atomic E-state index is 5.05. The van der Waals surface area contributed by atoms with Crippen molar-refractivity contribution >= 4 is 5.69 Å². The minimum Gasteiger partial charge on any atom is -0.480 e. The Morgan fingerprint density at radius 1 is 1.18 bits per heavy atom. The van der Waals surface area contributed by atoms with Crippen molar-refractivity contribution in [3.8, 4) is 5.88 Å². The zero-order valence-electron chi connectivity index (χ0n) is 12.9. The molecule has 0 bridgehead atoms. The third kappa shape index (κ3) is 3.95. The third-order valence-electron chi connectivity index (χ3n) is 3.94. The van der Waals surface area contributed by atoms with Crippen molar-refractivity contribution in [1.29, 1.82) is 0 Å². The second kappa shape index (κ2) is 7.22. The van der Waals surface area contributed by atoms with Gasteiger partial charge in [-0.15, -0.1) is 5.10 Å². The van der Waals surface area contributed by atoms with Crippen LogP contribution in [0.5, 0.6) is 5.88 Å². The number of methoxy groups -OCH3 is 1. The topological polar surface area (TPSA) is 50.3 Å². The van der Waals surface area contributed by atoms with Crippen LogP contribution in [-0.4, -0.2) is 41.3 Å². The fraction of sp³-hybridized carbons (Fsp3) is 0.412. The summed E-state index contributed by atoms with van der Waals surface area (Å²) in [4.78, 5) is 2.43. The molecule has 0 unspecified atom stereocenters. The van der Waals surface area contributed by atoms with Gasteiger partial charge in [0.1, 0.15) is 0 Å². The van der Waals surface area contributed by atoms with Gasteiger partial charge in [-0.05, 0) is 37.6 Å². The minimum atomic E-state index is 0.488. The van der Waals surface area contributed by atoms with Gasteiger partial charge in [0.05, 0.1) is 12.8 Å². The smallest absolute Gasteiger partial charge is 0.233 e. The van der Waals surface area contributed by atoms with Crippen LogP contribution in [0, 0.1) is 0 Å². The largest absolute Gasteiger partial charge is 0.480 e. The van der Waals surface area contributed by atoms with E-state index in [1.165, 1.54) is 18.5 Å². The summed E-state index contributed by atoms with van der Waals surface area (Å²) in [6, 6.07) is 14.8. The molecular weight excluding hydrogens is 276 g/mol. The van der Waals surface area contributed by atoms with Crippen LogP contribution in [0.1, 0.15) is 18.5 Å². The summed E-state index contributed by atoms with van der Waals surface area (Å²) >= 11 is 0. The molecule has 1 aromatic carbocycles. The first-order valence-corrected chi connectivity index (χ1v) is 7.74. The van der Waals surface area contributed by atoms with Crippen molar-refractivity contribution in [3.05, 3.63) is 48.2 Å². The molecule has 1 saturated heterocycles. The molecule has 1 aliphatic rings. The van der Waals surface area contributed by atoms with E-state index in [9.17, 15) is 0 Å². The molecule has 3 rings (SSSR count). The number of para-hydroxylation sites is 1. The maximum atomic E-state index is 5.05. The van der Waals surface area contributed by atoms with Crippen molar-refractivity contribution in [3.63, 3.8) is 0 Å². The van der Waals surface area contributed by atoms with Crippen LogP contribution in [0.15, 0.2) is 42.5 Å². The van der Waals surface area contributed by atoms with Crippen LogP contribution in [0.2, 0.25) is 0 Å². The molecule has 116 valence electrons. The summed E-state index contributed by atoms with van der Waals surface area (Å²) in [7, 11) is 1.61. The molecule has 1 aromatic heterocycles. The number of aromatic nitrogens is 2. The first-order valence-electron chi connectivity index (χ1n) is 7.74. The number of nitrogens with zero attached hydrogens (tertiary/aromatic N) is 3. The highest BCUT2D eigenvalue weighted by molar-refractivity contribution is 5.43. The number of piperidine rings is 1. The average Bonchev–Trinajstić information content (AvgIpc) is 2.57. The lowest BCUT2D eigenvalue weighted by Gasteiger charge is -2.33. The third-order valence-corrected chi connectivity index (χ3v) is 3.94. The Morgan fingerprint density at radius 3 is 2.77 bits per heavy atom. The van der Waals surface area contributed by atoms with Crippen LogP contribution < -0.4 is 10.1 Å². The van der Waals surface area contributed by atoms with E-state index in [4.69, 9.17) is 4.74 Å². The van der Waals surface area contributed by atoms with Crippen molar-refractivity contribution in [2.75, 3.05) is 25.5 Å². The molecule has 2 aromatic rings. The number of anilines is 1. The minimum absolute atomic E-state index is 0.488. The Hall–Kier alpha value is -2.14. The summed E-state index contributed by atoms with van der Waals surface area (Å²) in [6.07, 6.45) is 2.41. The molecule has 5 nitrogen and oxygen atoms in total. The Morgan fingerprint density at radius 2 is 2.05 bits per heavy atom. The van der Waals surface area contributed by atoms with Gasteiger partial charge in [-0.3, -0.25) is 4.90 Å². The van der Waals surface area contributed by atoms with Gasteiger partial charge in [0.25, 0.3) is 0 Å². The van der Waals surface area contributed by atoms with Crippen LogP contribution in [-0.2, 0) is 6.54 Å². The highest BCUT2D eigenvalue weighted by atomic mass is 16.5. The van der Waals surface area contributed by atoms with E-state index >= 15 is 0 Å². The Labute approximate surface area is 131 Å². The highest BCUT2D eigenvalue weighted by Gasteiger charge is 2.20. The number of ether oxygens (including phenoxy) is 1. The molecule has 2 heterocycles. The fourth-order valence-corrected chi connectivity index (χ4v) is 2.86. The molecule has 1 atom stereocenters. The van der Waals surface area contributed by atoms with Crippen LogP contribution in [0.3, 0.4) is 0 Å². The number of benzene rings is 1. The van der Waals surface area contributed by atoms with E-state index in [1.54, 1.807) is 7.11 Å². The van der Waals surface area contributed by atoms with E-state index in [0.29, 0.717) is 11.9 Å². The summed E-state index contributed by atoms with van der Waals surface area (Å²) in [5, 5.41) is 11.9. The van der Waals surface area contributed by atoms with Gasteiger partial charge in [0.2, 0.25) is 5.88 Å². The first kappa shape index (κ1) is 14.8. The monoisotopic (exact) mass is 298 g/mol. The molecule has 5 heteroatoms. The molecule has 0 radical (unpaired) electrons. The molecular formula is C17H22N4O. The molecule has 0 saturated carbocycles. The normalized spacial score (nSPS) is 18.9. The lowest BCUT2D eigenvalue weighted by atomic mass is 10.0. The number of hydrogen-bond donors (Lipinski definition) is 1. The van der Waals surface area contributed by atoms with Gasteiger partial charge in [-0.25, -0.2) is 0 Å². The second-order valence-corrected chi connectivity index (χ2v) is 5.65. The molecule has 0 aliphatic carbocycles. The SMILES string of the molecule is COc1ccc(CN2CCC[C@@H](Nc3ccccc3)C2)nn1. The van der Waals surface area contributed by atoms with Gasteiger partial charge in [-0.2, -0.15) is 5.10 Å². The Balaban J connectivity index is 1.55. The molecule has 1 N–H and O–H groups in total. The molecule has 1 aliphatic heterocycles. The Bertz CT molecular complexity index is 573. The molecule has 22 heavy (non-hydrogen) atoms. The van der Waals surface area contributed by atoms with E-state index in [2.05, 4.69) is 44.7 Å².